The summed E-state index contributed by atoms with van der Waals surface area (Å²) in [6.45, 7) is 2.02. The van der Waals surface area contributed by atoms with Crippen LogP contribution in [0.15, 0.2) is 60.9 Å². The molecule has 0 aliphatic heterocycles. The summed E-state index contributed by atoms with van der Waals surface area (Å²) in [4.78, 5) is 20.6. The zero-order valence-electron chi connectivity index (χ0n) is 13.9. The van der Waals surface area contributed by atoms with Crippen LogP contribution in [0.25, 0.3) is 0 Å². The van der Waals surface area contributed by atoms with E-state index in [0.29, 0.717) is 21.6 Å². The molecule has 2 N–H and O–H groups in total. The van der Waals surface area contributed by atoms with E-state index in [0.717, 1.165) is 5.56 Å². The van der Waals surface area contributed by atoms with Gasteiger partial charge in [-0.05, 0) is 30.7 Å². The van der Waals surface area contributed by atoms with Gasteiger partial charge in [0.15, 0.2) is 0 Å². The SMILES string of the molecule is CC(Nc1cc(C(=O)Nc2cc(Cl)cc(Cl)c2)ncn1)c1ccccc1. The largest absolute Gasteiger partial charge is 0.363 e. The fourth-order valence-corrected chi connectivity index (χ4v) is 2.95. The molecule has 1 amide bonds. The van der Waals surface area contributed by atoms with Gasteiger partial charge in [-0.15, -0.1) is 0 Å². The monoisotopic (exact) mass is 386 g/mol. The van der Waals surface area contributed by atoms with Gasteiger partial charge in [0.25, 0.3) is 5.91 Å². The number of rotatable bonds is 5. The van der Waals surface area contributed by atoms with Crippen LogP contribution < -0.4 is 10.6 Å². The number of hydrogen-bond donors (Lipinski definition) is 2. The summed E-state index contributed by atoms with van der Waals surface area (Å²) in [5.41, 5.74) is 1.85. The van der Waals surface area contributed by atoms with Gasteiger partial charge in [-0.1, -0.05) is 53.5 Å². The second-order valence-corrected chi connectivity index (χ2v) is 6.55. The van der Waals surface area contributed by atoms with E-state index in [9.17, 15) is 4.79 Å². The molecule has 0 aliphatic rings. The Bertz CT molecular complexity index is 898. The molecule has 26 heavy (non-hydrogen) atoms. The molecule has 5 nitrogen and oxygen atoms in total. The number of nitrogens with zero attached hydrogens (tertiary/aromatic N) is 2. The fraction of sp³-hybridized carbons (Fsp3) is 0.105. The topological polar surface area (TPSA) is 66.9 Å². The maximum atomic E-state index is 12.4. The molecule has 0 saturated carbocycles. The van der Waals surface area contributed by atoms with Gasteiger partial charge >= 0.3 is 0 Å². The number of aromatic nitrogens is 2. The van der Waals surface area contributed by atoms with Crippen molar-refractivity contribution < 1.29 is 4.79 Å². The third-order valence-electron chi connectivity index (χ3n) is 3.68. The number of benzene rings is 2. The van der Waals surface area contributed by atoms with Crippen molar-refractivity contribution >= 4 is 40.6 Å². The van der Waals surface area contributed by atoms with Crippen molar-refractivity contribution in [3.05, 3.63) is 82.2 Å². The molecule has 1 atom stereocenters. The molecule has 132 valence electrons. The third-order valence-corrected chi connectivity index (χ3v) is 4.12. The molecule has 0 bridgehead atoms. The third kappa shape index (κ3) is 4.71. The summed E-state index contributed by atoms with van der Waals surface area (Å²) in [6, 6.07) is 16.4. The number of anilines is 2. The Kier molecular flexibility index (Phi) is 5.71. The van der Waals surface area contributed by atoms with Crippen molar-refractivity contribution in [3.8, 4) is 0 Å². The Morgan fingerprint density at radius 2 is 1.69 bits per heavy atom. The summed E-state index contributed by atoms with van der Waals surface area (Å²) >= 11 is 11.9. The summed E-state index contributed by atoms with van der Waals surface area (Å²) in [6.07, 6.45) is 1.35. The molecule has 0 fully saturated rings. The van der Waals surface area contributed by atoms with Gasteiger partial charge in [-0.25, -0.2) is 9.97 Å². The summed E-state index contributed by atoms with van der Waals surface area (Å²) < 4.78 is 0. The number of amides is 1. The van der Waals surface area contributed by atoms with Gasteiger partial charge in [0.1, 0.15) is 17.8 Å². The smallest absolute Gasteiger partial charge is 0.274 e. The molecule has 1 heterocycles. The maximum Gasteiger partial charge on any atom is 0.274 e. The van der Waals surface area contributed by atoms with Gasteiger partial charge < -0.3 is 10.6 Å². The average Bonchev–Trinajstić information content (AvgIpc) is 2.62. The molecular weight excluding hydrogens is 371 g/mol. The predicted octanol–water partition coefficient (Wildman–Crippen LogP) is 5.21. The first kappa shape index (κ1) is 18.2. The van der Waals surface area contributed by atoms with E-state index in [1.807, 2.05) is 37.3 Å². The van der Waals surface area contributed by atoms with E-state index in [2.05, 4.69) is 20.6 Å². The van der Waals surface area contributed by atoms with E-state index in [1.165, 1.54) is 6.33 Å². The molecule has 1 unspecified atom stereocenters. The van der Waals surface area contributed by atoms with Gasteiger partial charge in [0, 0.05) is 27.8 Å². The van der Waals surface area contributed by atoms with Gasteiger partial charge in [0.05, 0.1) is 0 Å². The number of halogens is 2. The highest BCUT2D eigenvalue weighted by Crippen LogP contribution is 2.23. The minimum Gasteiger partial charge on any atom is -0.363 e. The Morgan fingerprint density at radius 1 is 1.00 bits per heavy atom. The highest BCUT2D eigenvalue weighted by Gasteiger charge is 2.12. The van der Waals surface area contributed by atoms with Crippen LogP contribution in [0.2, 0.25) is 10.0 Å². The lowest BCUT2D eigenvalue weighted by atomic mass is 10.1. The summed E-state index contributed by atoms with van der Waals surface area (Å²) in [5, 5.41) is 6.87. The Morgan fingerprint density at radius 3 is 2.38 bits per heavy atom. The molecule has 7 heteroatoms. The summed E-state index contributed by atoms with van der Waals surface area (Å²) in [7, 11) is 0. The number of carbonyl (C=O) groups is 1. The predicted molar refractivity (Wildman–Crippen MR) is 105 cm³/mol. The highest BCUT2D eigenvalue weighted by molar-refractivity contribution is 6.35. The molecule has 0 radical (unpaired) electrons. The Hall–Kier alpha value is -2.63. The summed E-state index contributed by atoms with van der Waals surface area (Å²) in [5.74, 6) is 0.187. The van der Waals surface area contributed by atoms with Gasteiger partial charge in [-0.3, -0.25) is 4.79 Å². The minimum atomic E-state index is -0.374. The number of nitrogens with one attached hydrogen (secondary N) is 2. The van der Waals surface area contributed by atoms with Crippen LogP contribution in [0, 0.1) is 0 Å². The lowest BCUT2D eigenvalue weighted by molar-refractivity contribution is 0.102. The second kappa shape index (κ2) is 8.17. The van der Waals surface area contributed by atoms with Crippen LogP contribution in [0.1, 0.15) is 29.0 Å². The van der Waals surface area contributed by atoms with Crippen molar-refractivity contribution in [1.29, 1.82) is 0 Å². The van der Waals surface area contributed by atoms with Crippen molar-refractivity contribution in [1.82, 2.24) is 9.97 Å². The molecule has 0 spiro atoms. The molecule has 3 rings (SSSR count). The van der Waals surface area contributed by atoms with Crippen molar-refractivity contribution in [2.75, 3.05) is 10.6 Å². The molecular formula is C19H16Cl2N4O. The van der Waals surface area contributed by atoms with Crippen LogP contribution in [0.5, 0.6) is 0 Å². The first-order valence-electron chi connectivity index (χ1n) is 7.92. The van der Waals surface area contributed by atoms with E-state index in [4.69, 9.17) is 23.2 Å². The first-order chi connectivity index (χ1) is 12.5. The first-order valence-corrected chi connectivity index (χ1v) is 8.68. The lowest BCUT2D eigenvalue weighted by Crippen LogP contribution is -2.15. The molecule has 2 aromatic carbocycles. The molecule has 3 aromatic rings. The van der Waals surface area contributed by atoms with Crippen LogP contribution in [0.3, 0.4) is 0 Å². The number of hydrogen-bond acceptors (Lipinski definition) is 4. The van der Waals surface area contributed by atoms with Gasteiger partial charge in [0.2, 0.25) is 0 Å². The normalized spacial score (nSPS) is 11.7. The average molecular weight is 387 g/mol. The second-order valence-electron chi connectivity index (χ2n) is 5.68. The minimum absolute atomic E-state index is 0.0359. The quantitative estimate of drug-likeness (QED) is 0.631. The fourth-order valence-electron chi connectivity index (χ4n) is 2.43. The van der Waals surface area contributed by atoms with Crippen LogP contribution in [-0.2, 0) is 0 Å². The molecule has 1 aromatic heterocycles. The molecule has 0 saturated heterocycles. The maximum absolute atomic E-state index is 12.4. The molecule has 0 aliphatic carbocycles. The van der Waals surface area contributed by atoms with Crippen LogP contribution in [-0.4, -0.2) is 15.9 Å². The van der Waals surface area contributed by atoms with E-state index in [-0.39, 0.29) is 17.6 Å². The zero-order chi connectivity index (χ0) is 18.5. The lowest BCUT2D eigenvalue weighted by Gasteiger charge is -2.15. The van der Waals surface area contributed by atoms with E-state index < -0.39 is 0 Å². The van der Waals surface area contributed by atoms with E-state index >= 15 is 0 Å². The Labute approximate surface area is 161 Å². The van der Waals surface area contributed by atoms with Crippen molar-refractivity contribution in [2.24, 2.45) is 0 Å². The van der Waals surface area contributed by atoms with Crippen LogP contribution in [0.4, 0.5) is 11.5 Å². The van der Waals surface area contributed by atoms with Crippen LogP contribution >= 0.6 is 23.2 Å². The van der Waals surface area contributed by atoms with Crippen molar-refractivity contribution in [2.45, 2.75) is 13.0 Å². The van der Waals surface area contributed by atoms with Gasteiger partial charge in [-0.2, -0.15) is 0 Å². The van der Waals surface area contributed by atoms with Crippen molar-refractivity contribution in [3.63, 3.8) is 0 Å². The standard InChI is InChI=1S/C19H16Cl2N4O/c1-12(13-5-3-2-4-6-13)24-18-10-17(22-11-23-18)19(26)25-16-8-14(20)7-15(21)9-16/h2-12H,1H3,(H,25,26)(H,22,23,24). The highest BCUT2D eigenvalue weighted by atomic mass is 35.5. The van der Waals surface area contributed by atoms with E-state index in [1.54, 1.807) is 24.3 Å². The zero-order valence-corrected chi connectivity index (χ0v) is 15.4. The number of carbonyl (C=O) groups excluding carboxylic acids is 1. The Balaban J connectivity index is 1.73.